The molecule has 86 valence electrons. The van der Waals surface area contributed by atoms with Gasteiger partial charge in [-0.15, -0.1) is 0 Å². The SMILES string of the molecule is O=S(=O)([O-])CCSSCCS(=O)(=O)[O-].[Ca+2]. The van der Waals surface area contributed by atoms with E-state index in [0.29, 0.717) is 0 Å². The van der Waals surface area contributed by atoms with Gasteiger partial charge in [-0.3, -0.25) is 0 Å². The van der Waals surface area contributed by atoms with Crippen molar-refractivity contribution in [3.8, 4) is 0 Å². The van der Waals surface area contributed by atoms with Crippen molar-refractivity contribution in [3.05, 3.63) is 0 Å². The summed E-state index contributed by atoms with van der Waals surface area (Å²) in [5.41, 5.74) is 0. The van der Waals surface area contributed by atoms with Crippen LogP contribution in [0.5, 0.6) is 0 Å². The van der Waals surface area contributed by atoms with Gasteiger partial charge in [-0.1, -0.05) is 21.6 Å². The van der Waals surface area contributed by atoms with Crippen LogP contribution in [0.15, 0.2) is 0 Å². The van der Waals surface area contributed by atoms with Gasteiger partial charge in [0.15, 0.2) is 0 Å². The van der Waals surface area contributed by atoms with Crippen molar-refractivity contribution < 1.29 is 25.9 Å². The van der Waals surface area contributed by atoms with Crippen molar-refractivity contribution in [1.29, 1.82) is 0 Å². The minimum absolute atomic E-state index is 0. The topological polar surface area (TPSA) is 114 Å². The second kappa shape index (κ2) is 8.81. The van der Waals surface area contributed by atoms with Crippen LogP contribution >= 0.6 is 21.6 Å². The molecule has 0 aliphatic rings. The molecule has 0 heterocycles. The predicted molar refractivity (Wildman–Crippen MR) is 59.8 cm³/mol. The van der Waals surface area contributed by atoms with Crippen LogP contribution in [0.4, 0.5) is 0 Å². The predicted octanol–water partition coefficient (Wildman–Crippen LogP) is -0.923. The maximum absolute atomic E-state index is 10.1. The quantitative estimate of drug-likeness (QED) is 0.256. The Morgan fingerprint density at radius 2 is 1.07 bits per heavy atom. The van der Waals surface area contributed by atoms with E-state index in [1.165, 1.54) is 0 Å². The van der Waals surface area contributed by atoms with Crippen molar-refractivity contribution in [3.63, 3.8) is 0 Å². The van der Waals surface area contributed by atoms with Crippen LogP contribution in [0.25, 0.3) is 0 Å². The van der Waals surface area contributed by atoms with E-state index in [1.807, 2.05) is 0 Å². The van der Waals surface area contributed by atoms with Gasteiger partial charge in [0.1, 0.15) is 0 Å². The van der Waals surface area contributed by atoms with Crippen LogP contribution < -0.4 is 0 Å². The normalized spacial score (nSPS) is 12.1. The van der Waals surface area contributed by atoms with Gasteiger partial charge >= 0.3 is 37.7 Å². The first-order chi connectivity index (χ1) is 6.21. The third-order valence-electron chi connectivity index (χ3n) is 0.917. The first-order valence-corrected chi connectivity index (χ1v) is 8.96. The minimum atomic E-state index is -4.20. The summed E-state index contributed by atoms with van der Waals surface area (Å²) in [6.45, 7) is 0. The second-order valence-corrected chi connectivity index (χ2v) is 7.92. The van der Waals surface area contributed by atoms with Gasteiger partial charge in [-0.05, 0) is 0 Å². The Kier molecular flexibility index (Phi) is 11.2. The first-order valence-electron chi connectivity index (χ1n) is 3.32. The molecule has 0 saturated heterocycles. The van der Waals surface area contributed by atoms with E-state index in [4.69, 9.17) is 0 Å². The zero-order valence-corrected chi connectivity index (χ0v) is 13.1. The Morgan fingerprint density at radius 3 is 1.27 bits per heavy atom. The molecule has 0 aliphatic carbocycles. The minimum Gasteiger partial charge on any atom is -0.748 e. The molecular weight excluding hydrogens is 312 g/mol. The zero-order chi connectivity index (χ0) is 11.2. The van der Waals surface area contributed by atoms with E-state index in [2.05, 4.69) is 0 Å². The third-order valence-corrected chi connectivity index (χ3v) is 5.25. The fourth-order valence-corrected chi connectivity index (χ4v) is 4.73. The molecule has 0 atom stereocenters. The van der Waals surface area contributed by atoms with E-state index < -0.39 is 31.7 Å². The molecule has 11 heteroatoms. The fraction of sp³-hybridized carbons (Fsp3) is 1.00. The molecule has 0 spiro atoms. The molecule has 0 aromatic carbocycles. The summed E-state index contributed by atoms with van der Waals surface area (Å²) < 4.78 is 60.6. The van der Waals surface area contributed by atoms with Crippen LogP contribution in [-0.2, 0) is 20.2 Å². The molecule has 0 amide bonds. The fourth-order valence-electron chi connectivity index (χ4n) is 0.390. The summed E-state index contributed by atoms with van der Waals surface area (Å²) in [7, 11) is -6.30. The summed E-state index contributed by atoms with van der Waals surface area (Å²) in [5.74, 6) is -0.797. The molecule has 0 fully saturated rings. The molecule has 0 N–H and O–H groups in total. The summed E-state index contributed by atoms with van der Waals surface area (Å²) in [4.78, 5) is 0. The molecule has 0 aliphatic heterocycles. The molecule has 0 saturated carbocycles. The second-order valence-electron chi connectivity index (χ2n) is 2.17. The van der Waals surface area contributed by atoms with Crippen LogP contribution in [0.3, 0.4) is 0 Å². The summed E-state index contributed by atoms with van der Waals surface area (Å²) in [6, 6.07) is 0. The summed E-state index contributed by atoms with van der Waals surface area (Å²) in [6.07, 6.45) is 0. The molecule has 15 heavy (non-hydrogen) atoms. The summed E-state index contributed by atoms with van der Waals surface area (Å²) in [5, 5.41) is 0. The van der Waals surface area contributed by atoms with Gasteiger partial charge in [-0.25, -0.2) is 16.8 Å². The van der Waals surface area contributed by atoms with Crippen LogP contribution in [-0.4, -0.2) is 86.7 Å². The van der Waals surface area contributed by atoms with E-state index in [0.717, 1.165) is 21.6 Å². The van der Waals surface area contributed by atoms with Gasteiger partial charge in [0.05, 0.1) is 20.2 Å². The molecule has 0 bridgehead atoms. The van der Waals surface area contributed by atoms with Crippen molar-refractivity contribution in [1.82, 2.24) is 0 Å². The van der Waals surface area contributed by atoms with Gasteiger partial charge in [0.2, 0.25) is 0 Å². The molecule has 6 nitrogen and oxygen atoms in total. The Labute approximate surface area is 127 Å². The van der Waals surface area contributed by atoms with E-state index in [-0.39, 0.29) is 49.2 Å². The average Bonchev–Trinajstić information content (AvgIpc) is 1.92. The maximum atomic E-state index is 10.1. The molecular formula is C4H8CaO6S4. The molecule has 0 unspecified atom stereocenters. The smallest absolute Gasteiger partial charge is 0.748 e. The Hall–Kier alpha value is 1.78. The van der Waals surface area contributed by atoms with Crippen molar-refractivity contribution >= 4 is 79.6 Å². The van der Waals surface area contributed by atoms with E-state index in [9.17, 15) is 25.9 Å². The molecule has 0 radical (unpaired) electrons. The van der Waals surface area contributed by atoms with Crippen LogP contribution in [0.1, 0.15) is 0 Å². The Balaban J connectivity index is 0. The molecule has 0 aromatic heterocycles. The maximum Gasteiger partial charge on any atom is 2.00 e. The van der Waals surface area contributed by atoms with Crippen LogP contribution in [0.2, 0.25) is 0 Å². The van der Waals surface area contributed by atoms with Gasteiger partial charge < -0.3 is 9.11 Å². The first kappa shape index (κ1) is 19.1. The Morgan fingerprint density at radius 1 is 0.800 bits per heavy atom. The van der Waals surface area contributed by atoms with Crippen LogP contribution in [0, 0.1) is 0 Å². The van der Waals surface area contributed by atoms with Gasteiger partial charge in [-0.2, -0.15) is 0 Å². The monoisotopic (exact) mass is 320 g/mol. The van der Waals surface area contributed by atoms with E-state index in [1.54, 1.807) is 0 Å². The number of hydrogen-bond acceptors (Lipinski definition) is 8. The summed E-state index contributed by atoms with van der Waals surface area (Å²) >= 11 is 0. The van der Waals surface area contributed by atoms with Gasteiger partial charge in [0.25, 0.3) is 0 Å². The average molecular weight is 320 g/mol. The van der Waals surface area contributed by atoms with Crippen molar-refractivity contribution in [2.75, 3.05) is 23.0 Å². The number of hydrogen-bond donors (Lipinski definition) is 0. The molecule has 0 aromatic rings. The standard InChI is InChI=1S/C4H10O6S4.Ca/c5-13(6,7)3-1-11-12-2-4-14(8,9)10;/h1-4H2,(H,5,6,7)(H,8,9,10);/q;+2/p-2. The third kappa shape index (κ3) is 18.3. The van der Waals surface area contributed by atoms with Crippen molar-refractivity contribution in [2.24, 2.45) is 0 Å². The zero-order valence-electron chi connectivity index (χ0n) is 7.62. The number of rotatable bonds is 7. The van der Waals surface area contributed by atoms with E-state index >= 15 is 0 Å². The largest absolute Gasteiger partial charge is 2.00 e. The molecule has 0 rings (SSSR count). The van der Waals surface area contributed by atoms with Crippen molar-refractivity contribution in [2.45, 2.75) is 0 Å². The van der Waals surface area contributed by atoms with Gasteiger partial charge in [0, 0.05) is 23.0 Å². The Bertz CT molecular complexity index is 311.